The van der Waals surface area contributed by atoms with Crippen molar-refractivity contribution in [2.24, 2.45) is 10.7 Å². The second-order valence-corrected chi connectivity index (χ2v) is 9.23. The summed E-state index contributed by atoms with van der Waals surface area (Å²) in [6, 6.07) is 3.93. The van der Waals surface area contributed by atoms with Gasteiger partial charge in [-0.25, -0.2) is 22.8 Å². The minimum atomic E-state index is -3.53. The summed E-state index contributed by atoms with van der Waals surface area (Å²) in [5, 5.41) is 2.19. The van der Waals surface area contributed by atoms with Gasteiger partial charge in [0.15, 0.2) is 9.84 Å². The molecule has 0 aromatic carbocycles. The first-order valence-corrected chi connectivity index (χ1v) is 10.8. The van der Waals surface area contributed by atoms with Crippen LogP contribution in [0.4, 0.5) is 15.9 Å². The zero-order valence-corrected chi connectivity index (χ0v) is 17.0. The molecule has 3 N–H and O–H groups in total. The predicted octanol–water partition coefficient (Wildman–Crippen LogP) is 2.13. The first kappa shape index (κ1) is 20.0. The molecule has 4 heterocycles. The number of ether oxygens (including phenoxy) is 1. The number of aliphatic imine (C=N–C) groups is 1. The zero-order chi connectivity index (χ0) is 21.5. The van der Waals surface area contributed by atoms with Gasteiger partial charge < -0.3 is 15.8 Å². The number of nitrogens with two attached hydrogens (primary N) is 1. The smallest absolute Gasteiger partial charge is 0.162 e. The summed E-state index contributed by atoms with van der Waals surface area (Å²) in [7, 11) is -1.99. The molecule has 4 rings (SSSR count). The van der Waals surface area contributed by atoms with Crippen LogP contribution in [0.3, 0.4) is 0 Å². The summed E-state index contributed by atoms with van der Waals surface area (Å²) < 4.78 is 44.3. The molecular weight excluding hydrogens is 411 g/mol. The highest BCUT2D eigenvalue weighted by Crippen LogP contribution is 2.31. The average Bonchev–Trinajstić information content (AvgIpc) is 2.72. The minimum absolute atomic E-state index is 0.0322. The molecule has 2 unspecified atom stereocenters. The Morgan fingerprint density at radius 3 is 2.77 bits per heavy atom. The van der Waals surface area contributed by atoms with E-state index in [2.05, 4.69) is 25.3 Å². The fourth-order valence-electron chi connectivity index (χ4n) is 3.17. The topological polar surface area (TPSA) is 132 Å². The van der Waals surface area contributed by atoms with E-state index in [9.17, 15) is 12.8 Å². The second-order valence-electron chi connectivity index (χ2n) is 6.86. The maximum absolute atomic E-state index is 14.5. The number of anilines is 2. The number of halogens is 1. The fourth-order valence-corrected chi connectivity index (χ4v) is 4.58. The van der Waals surface area contributed by atoms with E-state index in [4.69, 9.17) is 10.5 Å². The molecule has 0 bridgehead atoms. The second kappa shape index (κ2) is 7.48. The first-order valence-electron chi connectivity index (χ1n) is 9.04. The molecule has 0 saturated carbocycles. The van der Waals surface area contributed by atoms with E-state index < -0.39 is 26.9 Å². The van der Waals surface area contributed by atoms with E-state index >= 15 is 0 Å². The van der Waals surface area contributed by atoms with Crippen LogP contribution in [0.1, 0.15) is 18.5 Å². The van der Waals surface area contributed by atoms with Gasteiger partial charge in [0, 0.05) is 17.8 Å². The van der Waals surface area contributed by atoms with E-state index in [0.717, 1.165) is 6.20 Å². The number of nitrogens with one attached hydrogen (secondary N) is 1. The zero-order valence-electron chi connectivity index (χ0n) is 16.2. The summed E-state index contributed by atoms with van der Waals surface area (Å²) in [5.74, 6) is -0.141. The molecule has 0 fully saturated rings. The highest BCUT2D eigenvalue weighted by Gasteiger charge is 2.35. The molecule has 1 aliphatic heterocycles. The van der Waals surface area contributed by atoms with Crippen LogP contribution < -0.4 is 15.8 Å². The van der Waals surface area contributed by atoms with Gasteiger partial charge in [-0.3, -0.25) is 9.98 Å². The highest BCUT2D eigenvalue weighted by atomic mass is 32.2. The van der Waals surface area contributed by atoms with Gasteiger partial charge >= 0.3 is 0 Å². The van der Waals surface area contributed by atoms with Gasteiger partial charge in [-0.1, -0.05) is 0 Å². The summed E-state index contributed by atoms with van der Waals surface area (Å²) in [4.78, 5) is 16.9. The number of aromatic nitrogens is 3. The number of fused-ring (bicyclic) bond motifs is 1. The van der Waals surface area contributed by atoms with Crippen molar-refractivity contribution in [3.05, 3.63) is 48.2 Å². The van der Waals surface area contributed by atoms with Crippen molar-refractivity contribution in [1.82, 2.24) is 15.0 Å². The number of sulfone groups is 1. The standard InChI is InChI=1S/C19H19FN6O3S/c1-10-19(21)26-16(9-30(10,27)28)12-6-17(23-8-13(12)20)25-14-3-4-22-15-5-11(29-2)7-24-18(14)15/h3-8,10,16H,9H2,1-2H3,(H2,21,26)(H,22,23,25). The number of hydrogen-bond acceptors (Lipinski definition) is 9. The van der Waals surface area contributed by atoms with Crippen molar-refractivity contribution in [2.75, 3.05) is 18.2 Å². The first-order chi connectivity index (χ1) is 14.3. The number of pyridine rings is 3. The van der Waals surface area contributed by atoms with Gasteiger partial charge in [0.1, 0.15) is 34.0 Å². The average molecular weight is 430 g/mol. The van der Waals surface area contributed by atoms with Gasteiger partial charge in [-0.2, -0.15) is 0 Å². The van der Waals surface area contributed by atoms with Crippen molar-refractivity contribution in [3.63, 3.8) is 0 Å². The monoisotopic (exact) mass is 430 g/mol. The van der Waals surface area contributed by atoms with Crippen LogP contribution >= 0.6 is 0 Å². The highest BCUT2D eigenvalue weighted by molar-refractivity contribution is 7.92. The van der Waals surface area contributed by atoms with Gasteiger partial charge in [0.2, 0.25) is 0 Å². The maximum atomic E-state index is 14.5. The van der Waals surface area contributed by atoms with Crippen LogP contribution in [-0.4, -0.2) is 47.3 Å². The van der Waals surface area contributed by atoms with Crippen molar-refractivity contribution in [1.29, 1.82) is 0 Å². The third-order valence-electron chi connectivity index (χ3n) is 4.95. The third kappa shape index (κ3) is 3.63. The van der Waals surface area contributed by atoms with E-state index in [0.29, 0.717) is 28.3 Å². The Morgan fingerprint density at radius 1 is 1.23 bits per heavy atom. The molecule has 0 aliphatic carbocycles. The SMILES string of the molecule is COc1cnc2c(Nc3cc(C4CS(=O)(=O)C(C)C(N)=N4)c(F)cn3)ccnc2c1. The summed E-state index contributed by atoms with van der Waals surface area (Å²) in [6.45, 7) is 1.47. The molecule has 3 aromatic heterocycles. The van der Waals surface area contributed by atoms with Crippen LogP contribution in [0.2, 0.25) is 0 Å². The molecule has 0 saturated heterocycles. The van der Waals surface area contributed by atoms with Gasteiger partial charge in [0.25, 0.3) is 0 Å². The Kier molecular flexibility index (Phi) is 4.98. The number of methoxy groups -OCH3 is 1. The summed E-state index contributed by atoms with van der Waals surface area (Å²) in [5.41, 5.74) is 7.64. The number of nitrogens with zero attached hydrogens (tertiary/aromatic N) is 4. The molecule has 30 heavy (non-hydrogen) atoms. The van der Waals surface area contributed by atoms with Crippen molar-refractivity contribution >= 4 is 38.2 Å². The number of rotatable bonds is 4. The molecule has 2 atom stereocenters. The molecule has 0 radical (unpaired) electrons. The van der Waals surface area contributed by atoms with Gasteiger partial charge in [-0.15, -0.1) is 0 Å². The lowest BCUT2D eigenvalue weighted by atomic mass is 10.1. The molecule has 1 aliphatic rings. The molecule has 0 spiro atoms. The Hall–Kier alpha value is -3.34. The Bertz CT molecular complexity index is 1260. The summed E-state index contributed by atoms with van der Waals surface area (Å²) >= 11 is 0. The van der Waals surface area contributed by atoms with E-state index in [1.807, 2.05) is 0 Å². The maximum Gasteiger partial charge on any atom is 0.162 e. The van der Waals surface area contributed by atoms with E-state index in [-0.39, 0.29) is 17.2 Å². The normalized spacial score (nSPS) is 20.6. The predicted molar refractivity (Wildman–Crippen MR) is 111 cm³/mol. The Morgan fingerprint density at radius 2 is 2.03 bits per heavy atom. The molecule has 156 valence electrons. The minimum Gasteiger partial charge on any atom is -0.495 e. The lowest BCUT2D eigenvalue weighted by molar-refractivity contribution is 0.413. The Labute approximate surface area is 172 Å². The van der Waals surface area contributed by atoms with Crippen LogP contribution in [0.15, 0.2) is 41.8 Å². The molecule has 11 heteroatoms. The lowest BCUT2D eigenvalue weighted by Crippen LogP contribution is -2.40. The Balaban J connectivity index is 1.71. The van der Waals surface area contributed by atoms with Crippen LogP contribution in [0, 0.1) is 5.82 Å². The summed E-state index contributed by atoms with van der Waals surface area (Å²) in [6.07, 6.45) is 4.18. The quantitative estimate of drug-likeness (QED) is 0.643. The molecule has 0 amide bonds. The third-order valence-corrected chi connectivity index (χ3v) is 7.04. The van der Waals surface area contributed by atoms with Crippen molar-refractivity contribution < 1.29 is 17.5 Å². The van der Waals surface area contributed by atoms with E-state index in [1.54, 1.807) is 24.5 Å². The largest absolute Gasteiger partial charge is 0.495 e. The van der Waals surface area contributed by atoms with Crippen LogP contribution in [-0.2, 0) is 9.84 Å². The van der Waals surface area contributed by atoms with E-state index in [1.165, 1.54) is 20.1 Å². The van der Waals surface area contributed by atoms with Gasteiger partial charge in [0.05, 0.1) is 42.5 Å². The molecule has 9 nitrogen and oxygen atoms in total. The fraction of sp³-hybridized carbons (Fsp3) is 0.263. The molecular formula is C19H19FN6O3S. The van der Waals surface area contributed by atoms with Crippen LogP contribution in [0.5, 0.6) is 5.75 Å². The number of amidine groups is 1. The number of hydrogen-bond donors (Lipinski definition) is 2. The van der Waals surface area contributed by atoms with Crippen molar-refractivity contribution in [2.45, 2.75) is 18.2 Å². The molecule has 3 aromatic rings. The van der Waals surface area contributed by atoms with Crippen molar-refractivity contribution in [3.8, 4) is 5.75 Å². The van der Waals surface area contributed by atoms with Crippen LogP contribution in [0.25, 0.3) is 11.0 Å². The van der Waals surface area contributed by atoms with Gasteiger partial charge in [-0.05, 0) is 19.1 Å². The lowest BCUT2D eigenvalue weighted by Gasteiger charge is -2.24.